The molecule has 146 valence electrons. The number of anilines is 1. The quantitative estimate of drug-likeness (QED) is 0.733. The van der Waals surface area contributed by atoms with Crippen LogP contribution in [0.15, 0.2) is 24.3 Å². The van der Waals surface area contributed by atoms with Gasteiger partial charge in [0.1, 0.15) is 0 Å². The van der Waals surface area contributed by atoms with Crippen molar-refractivity contribution in [3.63, 3.8) is 0 Å². The van der Waals surface area contributed by atoms with E-state index in [0.717, 1.165) is 32.8 Å². The minimum Gasteiger partial charge on any atom is -0.465 e. The van der Waals surface area contributed by atoms with Gasteiger partial charge < -0.3 is 19.7 Å². The van der Waals surface area contributed by atoms with Gasteiger partial charge in [-0.1, -0.05) is 6.07 Å². The Morgan fingerprint density at radius 3 is 2.78 bits per heavy atom. The zero-order valence-electron chi connectivity index (χ0n) is 15.5. The molecular formula is C19H25N3O5. The molecule has 2 amide bonds. The Morgan fingerprint density at radius 2 is 2.04 bits per heavy atom. The number of likely N-dealkylation sites (tertiary alicyclic amines) is 1. The molecule has 0 radical (unpaired) electrons. The van der Waals surface area contributed by atoms with Crippen LogP contribution in [0.4, 0.5) is 5.69 Å². The average Bonchev–Trinajstić information content (AvgIpc) is 3.07. The fourth-order valence-electron chi connectivity index (χ4n) is 3.34. The molecule has 0 bridgehead atoms. The smallest absolute Gasteiger partial charge is 0.337 e. The molecule has 0 spiro atoms. The minimum atomic E-state index is -0.462. The average molecular weight is 375 g/mol. The fraction of sp³-hybridized carbons (Fsp3) is 0.526. The van der Waals surface area contributed by atoms with Gasteiger partial charge in [0.25, 0.3) is 0 Å². The second-order valence-corrected chi connectivity index (χ2v) is 6.76. The Morgan fingerprint density at radius 1 is 1.26 bits per heavy atom. The number of ether oxygens (including phenoxy) is 2. The molecule has 1 aromatic carbocycles. The van der Waals surface area contributed by atoms with Crippen LogP contribution in [0, 0.1) is 5.92 Å². The van der Waals surface area contributed by atoms with Crippen LogP contribution in [-0.4, -0.2) is 80.6 Å². The second-order valence-electron chi connectivity index (χ2n) is 6.76. The summed E-state index contributed by atoms with van der Waals surface area (Å²) in [5.41, 5.74) is 0.882. The first-order valence-electron chi connectivity index (χ1n) is 9.14. The summed E-state index contributed by atoms with van der Waals surface area (Å²) in [7, 11) is 1.31. The van der Waals surface area contributed by atoms with Crippen LogP contribution in [0.5, 0.6) is 0 Å². The van der Waals surface area contributed by atoms with E-state index in [0.29, 0.717) is 24.3 Å². The van der Waals surface area contributed by atoms with E-state index in [1.54, 1.807) is 29.2 Å². The van der Waals surface area contributed by atoms with Gasteiger partial charge in [-0.2, -0.15) is 0 Å². The van der Waals surface area contributed by atoms with Crippen molar-refractivity contribution < 1.29 is 23.9 Å². The lowest BCUT2D eigenvalue weighted by Gasteiger charge is -2.28. The number of nitrogens with zero attached hydrogens (tertiary/aromatic N) is 2. The summed E-state index contributed by atoms with van der Waals surface area (Å²) in [4.78, 5) is 40.4. The van der Waals surface area contributed by atoms with Crippen LogP contribution in [-0.2, 0) is 19.1 Å². The van der Waals surface area contributed by atoms with Gasteiger partial charge in [0, 0.05) is 44.8 Å². The van der Waals surface area contributed by atoms with Crippen molar-refractivity contribution in [3.05, 3.63) is 29.8 Å². The number of carbonyl (C=O) groups excluding carboxylic acids is 3. The molecule has 27 heavy (non-hydrogen) atoms. The molecule has 2 fully saturated rings. The summed E-state index contributed by atoms with van der Waals surface area (Å²) < 4.78 is 10.0. The van der Waals surface area contributed by atoms with Gasteiger partial charge in [-0.05, 0) is 18.2 Å². The Balaban J connectivity index is 1.52. The molecular weight excluding hydrogens is 350 g/mol. The van der Waals surface area contributed by atoms with Gasteiger partial charge in [0.05, 0.1) is 31.8 Å². The van der Waals surface area contributed by atoms with E-state index < -0.39 is 5.97 Å². The zero-order chi connectivity index (χ0) is 19.2. The summed E-state index contributed by atoms with van der Waals surface area (Å²) in [6.45, 7) is 5.05. The molecule has 2 heterocycles. The monoisotopic (exact) mass is 375 g/mol. The van der Waals surface area contributed by atoms with Crippen LogP contribution in [0.3, 0.4) is 0 Å². The largest absolute Gasteiger partial charge is 0.465 e. The Hall–Kier alpha value is -2.45. The third-order valence-corrected chi connectivity index (χ3v) is 4.93. The maximum Gasteiger partial charge on any atom is 0.337 e. The number of benzene rings is 1. The fourth-order valence-corrected chi connectivity index (χ4v) is 3.34. The van der Waals surface area contributed by atoms with Crippen LogP contribution in [0.25, 0.3) is 0 Å². The van der Waals surface area contributed by atoms with E-state index in [1.807, 2.05) is 0 Å². The van der Waals surface area contributed by atoms with Crippen LogP contribution >= 0.6 is 0 Å². The molecule has 2 saturated heterocycles. The molecule has 1 N–H and O–H groups in total. The summed E-state index contributed by atoms with van der Waals surface area (Å²) in [6.07, 6.45) is 0.214. The second kappa shape index (κ2) is 8.96. The molecule has 0 aromatic heterocycles. The first-order valence-corrected chi connectivity index (χ1v) is 9.14. The number of hydrogen-bond donors (Lipinski definition) is 1. The summed E-state index contributed by atoms with van der Waals surface area (Å²) in [5, 5.41) is 2.80. The number of hydrogen-bond acceptors (Lipinski definition) is 6. The van der Waals surface area contributed by atoms with Crippen molar-refractivity contribution in [2.45, 2.75) is 6.42 Å². The predicted molar refractivity (Wildman–Crippen MR) is 98.4 cm³/mol. The molecule has 0 aliphatic carbocycles. The Kier molecular flexibility index (Phi) is 6.41. The summed E-state index contributed by atoms with van der Waals surface area (Å²) in [5.74, 6) is -1.05. The van der Waals surface area contributed by atoms with Crippen LogP contribution in [0.1, 0.15) is 16.8 Å². The minimum absolute atomic E-state index is 0.00622. The topological polar surface area (TPSA) is 88.2 Å². The Labute approximate surface area is 158 Å². The number of amides is 2. The molecule has 3 rings (SSSR count). The molecule has 8 nitrogen and oxygen atoms in total. The lowest BCUT2D eigenvalue weighted by molar-refractivity contribution is -0.128. The zero-order valence-corrected chi connectivity index (χ0v) is 15.5. The highest BCUT2D eigenvalue weighted by Gasteiger charge is 2.34. The van der Waals surface area contributed by atoms with Crippen molar-refractivity contribution in [2.24, 2.45) is 5.92 Å². The van der Waals surface area contributed by atoms with E-state index in [2.05, 4.69) is 15.0 Å². The van der Waals surface area contributed by atoms with Crippen molar-refractivity contribution in [2.75, 3.05) is 58.4 Å². The highest BCUT2D eigenvalue weighted by Crippen LogP contribution is 2.20. The molecule has 1 atom stereocenters. The van der Waals surface area contributed by atoms with E-state index in [4.69, 9.17) is 4.74 Å². The number of morpholine rings is 1. The SMILES string of the molecule is COC(=O)c1cccc(NC(=O)C2CC(=O)N(CCN3CCOCC3)C2)c1. The molecule has 0 saturated carbocycles. The molecule has 2 aliphatic rings. The third-order valence-electron chi connectivity index (χ3n) is 4.93. The van der Waals surface area contributed by atoms with Gasteiger partial charge in [-0.25, -0.2) is 4.79 Å². The van der Waals surface area contributed by atoms with Gasteiger partial charge in [-0.15, -0.1) is 0 Å². The van der Waals surface area contributed by atoms with Gasteiger partial charge in [-0.3, -0.25) is 14.5 Å². The normalized spacial score (nSPS) is 20.6. The lowest BCUT2D eigenvalue weighted by Crippen LogP contribution is -2.42. The maximum atomic E-state index is 12.5. The standard InChI is InChI=1S/C19H25N3O5/c1-26-19(25)14-3-2-4-16(11-14)20-18(24)15-12-17(23)22(13-15)6-5-21-7-9-27-10-8-21/h2-4,11,15H,5-10,12-13H2,1H3,(H,20,24). The van der Waals surface area contributed by atoms with E-state index in [1.165, 1.54) is 7.11 Å². The van der Waals surface area contributed by atoms with Gasteiger partial charge in [0.15, 0.2) is 0 Å². The van der Waals surface area contributed by atoms with Crippen molar-refractivity contribution in [3.8, 4) is 0 Å². The summed E-state index contributed by atoms with van der Waals surface area (Å²) in [6, 6.07) is 6.57. The number of carbonyl (C=O) groups is 3. The maximum absolute atomic E-state index is 12.5. The number of nitrogens with one attached hydrogen (secondary N) is 1. The van der Waals surface area contributed by atoms with Crippen LogP contribution in [0.2, 0.25) is 0 Å². The van der Waals surface area contributed by atoms with E-state index in [9.17, 15) is 14.4 Å². The Bertz CT molecular complexity index is 702. The van der Waals surface area contributed by atoms with Crippen molar-refractivity contribution >= 4 is 23.5 Å². The predicted octanol–water partition coefficient (Wildman–Crippen LogP) is 0.592. The summed E-state index contributed by atoms with van der Waals surface area (Å²) >= 11 is 0. The number of esters is 1. The number of methoxy groups -OCH3 is 1. The highest BCUT2D eigenvalue weighted by atomic mass is 16.5. The molecule has 1 unspecified atom stereocenters. The van der Waals surface area contributed by atoms with E-state index in [-0.39, 0.29) is 24.2 Å². The third kappa shape index (κ3) is 5.05. The van der Waals surface area contributed by atoms with Crippen molar-refractivity contribution in [1.82, 2.24) is 9.80 Å². The van der Waals surface area contributed by atoms with E-state index >= 15 is 0 Å². The number of rotatable bonds is 6. The molecule has 8 heteroatoms. The molecule has 2 aliphatic heterocycles. The van der Waals surface area contributed by atoms with Crippen LogP contribution < -0.4 is 5.32 Å². The van der Waals surface area contributed by atoms with Gasteiger partial charge >= 0.3 is 5.97 Å². The van der Waals surface area contributed by atoms with Gasteiger partial charge in [0.2, 0.25) is 11.8 Å². The first kappa shape index (κ1) is 19.3. The first-order chi connectivity index (χ1) is 13.1. The van der Waals surface area contributed by atoms with Crippen molar-refractivity contribution in [1.29, 1.82) is 0 Å². The highest BCUT2D eigenvalue weighted by molar-refractivity contribution is 5.98. The molecule has 1 aromatic rings. The lowest BCUT2D eigenvalue weighted by atomic mass is 10.1.